The van der Waals surface area contributed by atoms with Crippen LogP contribution in [0, 0.1) is 12.8 Å². The van der Waals surface area contributed by atoms with E-state index in [4.69, 9.17) is 5.73 Å². The molecule has 1 aromatic carbocycles. The van der Waals surface area contributed by atoms with Gasteiger partial charge in [0.15, 0.2) is 0 Å². The minimum atomic E-state index is 0.0881. The summed E-state index contributed by atoms with van der Waals surface area (Å²) in [5.74, 6) is 0.895. The molecule has 3 N–H and O–H groups in total. The molecule has 1 atom stereocenters. The summed E-state index contributed by atoms with van der Waals surface area (Å²) in [6, 6.07) is 5.56. The summed E-state index contributed by atoms with van der Waals surface area (Å²) in [5.41, 5.74) is 8.29. The first-order valence-electron chi connectivity index (χ1n) is 7.43. The molecule has 2 rings (SSSR count). The lowest BCUT2D eigenvalue weighted by Gasteiger charge is -2.15. The number of nitrogens with zero attached hydrogens (tertiary/aromatic N) is 1. The number of benzene rings is 1. The van der Waals surface area contributed by atoms with Gasteiger partial charge in [-0.05, 0) is 62.5 Å². The van der Waals surface area contributed by atoms with E-state index in [1.165, 1.54) is 19.5 Å². The van der Waals surface area contributed by atoms with Crippen molar-refractivity contribution in [3.63, 3.8) is 0 Å². The van der Waals surface area contributed by atoms with Crippen molar-refractivity contribution in [1.29, 1.82) is 0 Å². The number of hydrogen-bond acceptors (Lipinski definition) is 3. The fraction of sp³-hybridized carbons (Fsp3) is 0.562. The maximum atomic E-state index is 11.9. The molecule has 1 heterocycles. The third-order valence-electron chi connectivity index (χ3n) is 3.91. The Morgan fingerprint density at radius 3 is 2.95 bits per heavy atom. The zero-order valence-corrected chi connectivity index (χ0v) is 12.5. The van der Waals surface area contributed by atoms with Crippen LogP contribution in [0.1, 0.15) is 31.7 Å². The number of anilines is 2. The predicted octanol–water partition coefficient (Wildman–Crippen LogP) is 2.64. The second-order valence-electron chi connectivity index (χ2n) is 5.92. The fourth-order valence-electron chi connectivity index (χ4n) is 2.73. The van der Waals surface area contributed by atoms with Crippen LogP contribution in [0.2, 0.25) is 0 Å². The Bertz CT molecular complexity index is 473. The number of carbonyl (C=O) groups excluding carboxylic acids is 1. The highest BCUT2D eigenvalue weighted by atomic mass is 16.1. The van der Waals surface area contributed by atoms with Crippen molar-refractivity contribution in [2.75, 3.05) is 30.7 Å². The van der Waals surface area contributed by atoms with Gasteiger partial charge in [-0.2, -0.15) is 0 Å². The Morgan fingerprint density at radius 2 is 2.30 bits per heavy atom. The first kappa shape index (κ1) is 14.9. The molecule has 0 aromatic heterocycles. The van der Waals surface area contributed by atoms with Gasteiger partial charge in [-0.15, -0.1) is 0 Å². The van der Waals surface area contributed by atoms with Gasteiger partial charge in [-0.3, -0.25) is 4.79 Å². The number of amides is 1. The monoisotopic (exact) mass is 275 g/mol. The van der Waals surface area contributed by atoms with E-state index in [0.717, 1.165) is 35.8 Å². The van der Waals surface area contributed by atoms with E-state index in [1.54, 1.807) is 0 Å². The highest BCUT2D eigenvalue weighted by Crippen LogP contribution is 2.18. The third kappa shape index (κ3) is 4.23. The summed E-state index contributed by atoms with van der Waals surface area (Å²) in [4.78, 5) is 14.4. The highest BCUT2D eigenvalue weighted by molar-refractivity contribution is 5.91. The number of nitrogens with two attached hydrogens (primary N) is 1. The quantitative estimate of drug-likeness (QED) is 0.812. The minimum Gasteiger partial charge on any atom is -0.399 e. The molecule has 0 spiro atoms. The van der Waals surface area contributed by atoms with E-state index in [-0.39, 0.29) is 5.91 Å². The summed E-state index contributed by atoms with van der Waals surface area (Å²) < 4.78 is 0. The van der Waals surface area contributed by atoms with E-state index in [1.807, 2.05) is 25.1 Å². The lowest BCUT2D eigenvalue weighted by Crippen LogP contribution is -2.23. The Labute approximate surface area is 121 Å². The van der Waals surface area contributed by atoms with Crippen LogP contribution >= 0.6 is 0 Å². The Hall–Kier alpha value is -1.55. The molecule has 0 aliphatic carbocycles. The van der Waals surface area contributed by atoms with Crippen molar-refractivity contribution in [2.45, 2.75) is 33.1 Å². The molecule has 1 amide bonds. The van der Waals surface area contributed by atoms with Crippen LogP contribution in [0.25, 0.3) is 0 Å². The molecular formula is C16H25N3O. The van der Waals surface area contributed by atoms with Crippen LogP contribution in [0.15, 0.2) is 18.2 Å². The van der Waals surface area contributed by atoms with E-state index in [2.05, 4.69) is 17.1 Å². The summed E-state index contributed by atoms with van der Waals surface area (Å²) >= 11 is 0. The average Bonchev–Trinajstić information content (AvgIpc) is 2.79. The van der Waals surface area contributed by atoms with Gasteiger partial charge in [0.1, 0.15) is 0 Å². The van der Waals surface area contributed by atoms with Gasteiger partial charge in [-0.1, -0.05) is 6.92 Å². The van der Waals surface area contributed by atoms with Gasteiger partial charge in [0.05, 0.1) is 0 Å². The summed E-state index contributed by atoms with van der Waals surface area (Å²) in [6.07, 6.45) is 2.79. The zero-order chi connectivity index (χ0) is 14.5. The van der Waals surface area contributed by atoms with Crippen LogP contribution in [0.4, 0.5) is 11.4 Å². The number of aryl methyl sites for hydroxylation is 1. The van der Waals surface area contributed by atoms with Crippen LogP contribution in [-0.2, 0) is 4.79 Å². The largest absolute Gasteiger partial charge is 0.399 e. The molecule has 0 bridgehead atoms. The summed E-state index contributed by atoms with van der Waals surface area (Å²) in [6.45, 7) is 7.63. The van der Waals surface area contributed by atoms with E-state index in [9.17, 15) is 4.79 Å². The Kier molecular flexibility index (Phi) is 5.01. The zero-order valence-electron chi connectivity index (χ0n) is 12.5. The van der Waals surface area contributed by atoms with Crippen molar-refractivity contribution < 1.29 is 4.79 Å². The fourth-order valence-corrected chi connectivity index (χ4v) is 2.73. The number of rotatable bonds is 5. The molecule has 4 nitrogen and oxygen atoms in total. The molecule has 1 aliphatic heterocycles. The van der Waals surface area contributed by atoms with Gasteiger partial charge < -0.3 is 16.0 Å². The number of carbonyl (C=O) groups is 1. The topological polar surface area (TPSA) is 58.4 Å². The normalized spacial score (nSPS) is 19.2. The first-order chi connectivity index (χ1) is 9.54. The number of hydrogen-bond donors (Lipinski definition) is 2. The highest BCUT2D eigenvalue weighted by Gasteiger charge is 2.18. The van der Waals surface area contributed by atoms with Crippen molar-refractivity contribution in [1.82, 2.24) is 4.90 Å². The number of nitrogens with one attached hydrogen (secondary N) is 1. The minimum absolute atomic E-state index is 0.0881. The maximum absolute atomic E-state index is 11.9. The molecule has 0 saturated carbocycles. The van der Waals surface area contributed by atoms with Crippen molar-refractivity contribution >= 4 is 17.3 Å². The molecule has 110 valence electrons. The molecule has 1 aromatic rings. The lowest BCUT2D eigenvalue weighted by atomic mass is 10.1. The average molecular weight is 275 g/mol. The molecule has 1 unspecified atom stereocenters. The lowest BCUT2D eigenvalue weighted by molar-refractivity contribution is -0.116. The van der Waals surface area contributed by atoms with Gasteiger partial charge in [0.25, 0.3) is 0 Å². The van der Waals surface area contributed by atoms with Crippen LogP contribution < -0.4 is 11.1 Å². The molecule has 4 heteroatoms. The standard InChI is InChI=1S/C16H25N3O/c1-12-7-9-19(11-12)8-3-4-16(20)18-15-6-5-14(17)10-13(15)2/h5-6,10,12H,3-4,7-9,11,17H2,1-2H3,(H,18,20). The summed E-state index contributed by atoms with van der Waals surface area (Å²) in [5, 5.41) is 2.96. The van der Waals surface area contributed by atoms with Gasteiger partial charge in [0.2, 0.25) is 5.91 Å². The number of nitrogen functional groups attached to an aromatic ring is 1. The van der Waals surface area contributed by atoms with Crippen molar-refractivity contribution in [2.24, 2.45) is 5.92 Å². The van der Waals surface area contributed by atoms with Crippen LogP contribution in [0.3, 0.4) is 0 Å². The third-order valence-corrected chi connectivity index (χ3v) is 3.91. The molecule has 0 radical (unpaired) electrons. The van der Waals surface area contributed by atoms with Gasteiger partial charge >= 0.3 is 0 Å². The first-order valence-corrected chi connectivity index (χ1v) is 7.43. The molecular weight excluding hydrogens is 250 g/mol. The Morgan fingerprint density at radius 1 is 1.50 bits per heavy atom. The molecule has 1 saturated heterocycles. The van der Waals surface area contributed by atoms with Crippen molar-refractivity contribution in [3.05, 3.63) is 23.8 Å². The molecule has 1 fully saturated rings. The van der Waals surface area contributed by atoms with E-state index >= 15 is 0 Å². The van der Waals surface area contributed by atoms with Crippen LogP contribution in [0.5, 0.6) is 0 Å². The molecule has 20 heavy (non-hydrogen) atoms. The van der Waals surface area contributed by atoms with E-state index in [0.29, 0.717) is 6.42 Å². The van der Waals surface area contributed by atoms with Crippen molar-refractivity contribution in [3.8, 4) is 0 Å². The second kappa shape index (κ2) is 6.75. The smallest absolute Gasteiger partial charge is 0.224 e. The summed E-state index contributed by atoms with van der Waals surface area (Å²) in [7, 11) is 0. The SMILES string of the molecule is Cc1cc(N)ccc1NC(=O)CCCN1CCC(C)C1. The van der Waals surface area contributed by atoms with Gasteiger partial charge in [-0.25, -0.2) is 0 Å². The van der Waals surface area contributed by atoms with Gasteiger partial charge in [0, 0.05) is 24.3 Å². The maximum Gasteiger partial charge on any atom is 0.224 e. The van der Waals surface area contributed by atoms with Crippen LogP contribution in [-0.4, -0.2) is 30.4 Å². The number of likely N-dealkylation sites (tertiary alicyclic amines) is 1. The molecule has 1 aliphatic rings. The Balaban J connectivity index is 1.72. The predicted molar refractivity (Wildman–Crippen MR) is 83.7 cm³/mol. The second-order valence-corrected chi connectivity index (χ2v) is 5.92. The van der Waals surface area contributed by atoms with E-state index < -0.39 is 0 Å².